The van der Waals surface area contributed by atoms with Crippen LogP contribution in [0.3, 0.4) is 0 Å². The van der Waals surface area contributed by atoms with Crippen molar-refractivity contribution < 1.29 is 58.3 Å². The highest BCUT2D eigenvalue weighted by atomic mass is 32.3. The van der Waals surface area contributed by atoms with Gasteiger partial charge in [-0.2, -0.15) is 13.2 Å². The minimum Gasteiger partial charge on any atom is -0.494 e. The van der Waals surface area contributed by atoms with E-state index in [4.69, 9.17) is 18.7 Å². The molecule has 0 aliphatic heterocycles. The molecule has 3 atom stereocenters. The average Bonchev–Trinajstić information content (AvgIpc) is 2.85. The van der Waals surface area contributed by atoms with Gasteiger partial charge in [-0.1, -0.05) is 30.1 Å². The number of halogens is 3. The monoisotopic (exact) mass is 649 g/mol. The molecule has 0 bridgehead atoms. The molecule has 41 heavy (non-hydrogen) atoms. The molecule has 0 radical (unpaired) electrons. The molecule has 1 aromatic rings. The first-order valence-corrected chi connectivity index (χ1v) is 18.3. The molecular weight excluding hydrogens is 611 g/mol. The second-order valence-corrected chi connectivity index (χ2v) is 17.7. The normalized spacial score (nSPS) is 16.8. The fraction of sp³-hybridized carbons (Fsp3) is 0.667. The van der Waals surface area contributed by atoms with Gasteiger partial charge in [-0.25, -0.2) is 16.8 Å². The number of hydrogen-bond donors (Lipinski definition) is 2. The van der Waals surface area contributed by atoms with E-state index in [1.807, 2.05) is 0 Å². The lowest BCUT2D eigenvalue weighted by Crippen LogP contribution is -2.45. The maximum absolute atomic E-state index is 13.2. The lowest BCUT2D eigenvalue weighted by Gasteiger charge is -2.38. The molecule has 236 valence electrons. The van der Waals surface area contributed by atoms with E-state index < -0.39 is 74.3 Å². The van der Waals surface area contributed by atoms with Crippen molar-refractivity contribution >= 4 is 40.5 Å². The molecule has 0 saturated carbocycles. The zero-order valence-electron chi connectivity index (χ0n) is 24.0. The molecule has 0 amide bonds. The van der Waals surface area contributed by atoms with Gasteiger partial charge in [0.15, 0.2) is 0 Å². The molecular formula is C24H38F3NO10S2Si. The van der Waals surface area contributed by atoms with Gasteiger partial charge in [0.25, 0.3) is 16.0 Å². The van der Waals surface area contributed by atoms with Crippen LogP contribution in [0.5, 0.6) is 0 Å². The molecule has 17 heteroatoms. The zero-order valence-corrected chi connectivity index (χ0v) is 26.6. The Morgan fingerprint density at radius 2 is 1.56 bits per heavy atom. The Morgan fingerprint density at radius 1 is 1.02 bits per heavy atom. The molecule has 0 aliphatic carbocycles. The van der Waals surface area contributed by atoms with Crippen LogP contribution >= 0.6 is 0 Å². The summed E-state index contributed by atoms with van der Waals surface area (Å²) in [5, 5.41) is 9.15. The summed E-state index contributed by atoms with van der Waals surface area (Å²) in [6.45, 7) is 9.39. The third kappa shape index (κ3) is 9.74. The standard InChI is InChI=1S/C24H38F3NO10S2Si/c1-8-22(3,21(31)38-41(6,7)36-5)16-23(4,20(30)37-14-13-29)15-17(2)18-9-11-19(12-10-18)39(32,33)28-40(34,35)24(25,26)27/h9-12,17,28-29H,8,13-16H2,1-7H3. The number of benzene rings is 1. The first-order valence-electron chi connectivity index (χ1n) is 12.5. The molecule has 0 spiro atoms. The molecule has 3 unspecified atom stereocenters. The quantitative estimate of drug-likeness (QED) is 0.212. The molecule has 0 fully saturated rings. The topological polar surface area (TPSA) is 162 Å². The SMILES string of the molecule is CCC(C)(CC(C)(CC(C)c1ccc(S(=O)(=O)NS(=O)(=O)C(F)(F)F)cc1)C(=O)OCCO)C(=O)O[Si](C)(C)OC. The Hall–Kier alpha value is -2.05. The number of aliphatic hydroxyl groups excluding tert-OH is 1. The molecule has 1 aromatic carbocycles. The van der Waals surface area contributed by atoms with Crippen molar-refractivity contribution in [1.29, 1.82) is 0 Å². The molecule has 1 rings (SSSR count). The second kappa shape index (κ2) is 13.5. The minimum atomic E-state index is -6.16. The van der Waals surface area contributed by atoms with Crippen LogP contribution in [-0.4, -0.2) is 68.3 Å². The number of nitrogens with one attached hydrogen (secondary N) is 1. The fourth-order valence-electron chi connectivity index (χ4n) is 4.14. The van der Waals surface area contributed by atoms with Gasteiger partial charge in [-0.05, 0) is 69.8 Å². The first kappa shape index (κ1) is 37.0. The lowest BCUT2D eigenvalue weighted by atomic mass is 9.67. The number of hydrogen-bond acceptors (Lipinski definition) is 10. The molecule has 2 N–H and O–H groups in total. The largest absolute Gasteiger partial charge is 0.512 e. The average molecular weight is 650 g/mol. The van der Waals surface area contributed by atoms with Crippen LogP contribution in [0.15, 0.2) is 29.2 Å². The summed E-state index contributed by atoms with van der Waals surface area (Å²) in [5.74, 6) is -1.72. The van der Waals surface area contributed by atoms with E-state index in [9.17, 15) is 39.6 Å². The summed E-state index contributed by atoms with van der Waals surface area (Å²) < 4.78 is 102. The van der Waals surface area contributed by atoms with Crippen molar-refractivity contribution in [2.24, 2.45) is 10.8 Å². The predicted octanol–water partition coefficient (Wildman–Crippen LogP) is 3.55. The van der Waals surface area contributed by atoms with Gasteiger partial charge in [-0.15, -0.1) is 0 Å². The van der Waals surface area contributed by atoms with Gasteiger partial charge in [0.1, 0.15) is 6.61 Å². The summed E-state index contributed by atoms with van der Waals surface area (Å²) in [4.78, 5) is 25.7. The van der Waals surface area contributed by atoms with Crippen molar-refractivity contribution in [1.82, 2.24) is 4.13 Å². The summed E-state index contributed by atoms with van der Waals surface area (Å²) >= 11 is 0. The Labute approximate surface area is 240 Å². The number of ether oxygens (including phenoxy) is 1. The lowest BCUT2D eigenvalue weighted by molar-refractivity contribution is -0.162. The van der Waals surface area contributed by atoms with E-state index in [1.54, 1.807) is 40.8 Å². The van der Waals surface area contributed by atoms with E-state index >= 15 is 0 Å². The van der Waals surface area contributed by atoms with Gasteiger partial charge in [0.2, 0.25) is 0 Å². The highest BCUT2D eigenvalue weighted by molar-refractivity contribution is 8.05. The molecule has 0 aromatic heterocycles. The molecule has 11 nitrogen and oxygen atoms in total. The first-order chi connectivity index (χ1) is 18.5. The molecule has 0 heterocycles. The third-order valence-electron chi connectivity index (χ3n) is 6.74. The maximum atomic E-state index is 13.2. The Bertz CT molecular complexity index is 1290. The van der Waals surface area contributed by atoms with E-state index in [2.05, 4.69) is 0 Å². The summed E-state index contributed by atoms with van der Waals surface area (Å²) in [7, 11) is -12.6. The molecule has 0 saturated heterocycles. The van der Waals surface area contributed by atoms with E-state index in [1.165, 1.54) is 19.2 Å². The van der Waals surface area contributed by atoms with Gasteiger partial charge < -0.3 is 18.7 Å². The van der Waals surface area contributed by atoms with Crippen LogP contribution in [0.25, 0.3) is 0 Å². The van der Waals surface area contributed by atoms with Crippen LogP contribution in [-0.2, 0) is 43.2 Å². The van der Waals surface area contributed by atoms with Crippen molar-refractivity contribution in [3.8, 4) is 0 Å². The van der Waals surface area contributed by atoms with Crippen LogP contribution < -0.4 is 4.13 Å². The Kier molecular flexibility index (Phi) is 12.2. The van der Waals surface area contributed by atoms with Crippen molar-refractivity contribution in [2.75, 3.05) is 20.3 Å². The van der Waals surface area contributed by atoms with Gasteiger partial charge in [0, 0.05) is 7.11 Å². The number of esters is 1. The highest BCUT2D eigenvalue weighted by Crippen LogP contribution is 2.44. The summed E-state index contributed by atoms with van der Waals surface area (Å²) in [5.41, 5.74) is -7.80. The second-order valence-electron chi connectivity index (χ2n) is 10.7. The number of sulfonamides is 2. The number of carbonyl (C=O) groups is 2. The van der Waals surface area contributed by atoms with Gasteiger partial charge in [0.05, 0.1) is 22.3 Å². The number of aliphatic hydroxyl groups is 1. The Morgan fingerprint density at radius 3 is 2.00 bits per heavy atom. The Balaban J connectivity index is 3.33. The van der Waals surface area contributed by atoms with Crippen LogP contribution in [0.1, 0.15) is 58.4 Å². The van der Waals surface area contributed by atoms with E-state index in [-0.39, 0.29) is 19.4 Å². The van der Waals surface area contributed by atoms with Gasteiger partial charge in [-0.3, -0.25) is 9.59 Å². The third-order valence-corrected chi connectivity index (χ3v) is 11.7. The van der Waals surface area contributed by atoms with Crippen LogP contribution in [0.4, 0.5) is 13.2 Å². The summed E-state index contributed by atoms with van der Waals surface area (Å²) in [6, 6.07) is 4.43. The van der Waals surface area contributed by atoms with Crippen LogP contribution in [0.2, 0.25) is 13.1 Å². The highest BCUT2D eigenvalue weighted by Gasteiger charge is 2.49. The minimum absolute atomic E-state index is 0.0101. The van der Waals surface area contributed by atoms with Crippen molar-refractivity contribution in [2.45, 2.75) is 76.4 Å². The number of alkyl halides is 3. The smallest absolute Gasteiger partial charge is 0.494 e. The van der Waals surface area contributed by atoms with E-state index in [0.717, 1.165) is 12.1 Å². The predicted molar refractivity (Wildman–Crippen MR) is 145 cm³/mol. The molecule has 0 aliphatic rings. The maximum Gasteiger partial charge on any atom is 0.512 e. The zero-order chi connectivity index (χ0) is 32.1. The number of carbonyl (C=O) groups excluding carboxylic acids is 2. The van der Waals surface area contributed by atoms with Crippen LogP contribution in [0, 0.1) is 10.8 Å². The van der Waals surface area contributed by atoms with Crippen molar-refractivity contribution in [3.63, 3.8) is 0 Å². The van der Waals surface area contributed by atoms with E-state index in [0.29, 0.717) is 16.1 Å². The fourth-order valence-corrected chi connectivity index (χ4v) is 7.33. The number of rotatable bonds is 15. The van der Waals surface area contributed by atoms with Gasteiger partial charge >= 0.3 is 30.1 Å². The van der Waals surface area contributed by atoms with Crippen molar-refractivity contribution in [3.05, 3.63) is 29.8 Å². The summed E-state index contributed by atoms with van der Waals surface area (Å²) in [6.07, 6.45) is 0.375.